The highest BCUT2D eigenvalue weighted by Crippen LogP contribution is 2.34. The molecule has 3 heterocycles. The molecule has 0 aromatic carbocycles. The number of hydrogen-bond acceptors (Lipinski definition) is 5. The van der Waals surface area contributed by atoms with Crippen molar-refractivity contribution in [3.8, 4) is 0 Å². The highest BCUT2D eigenvalue weighted by atomic mass is 16.4. The highest BCUT2D eigenvalue weighted by molar-refractivity contribution is 5.94. The Balaban J connectivity index is 1.60. The van der Waals surface area contributed by atoms with Crippen LogP contribution in [0.3, 0.4) is 0 Å². The first-order valence-corrected chi connectivity index (χ1v) is 9.78. The van der Waals surface area contributed by atoms with Crippen LogP contribution in [0.25, 0.3) is 0 Å². The van der Waals surface area contributed by atoms with Crippen LogP contribution in [0.15, 0.2) is 4.42 Å². The minimum Gasteiger partial charge on any atom is -0.425 e. The van der Waals surface area contributed by atoms with E-state index in [-0.39, 0.29) is 17.9 Å². The molecule has 2 atom stereocenters. The Bertz CT molecular complexity index is 809. The molecule has 0 bridgehead atoms. The summed E-state index contributed by atoms with van der Waals surface area (Å²) >= 11 is 0. The van der Waals surface area contributed by atoms with E-state index in [2.05, 4.69) is 22.2 Å². The number of hydrogen-bond donors (Lipinski definition) is 0. The molecule has 7 nitrogen and oxygen atoms in total. The van der Waals surface area contributed by atoms with Gasteiger partial charge in [0, 0.05) is 37.3 Å². The predicted octanol–water partition coefficient (Wildman–Crippen LogP) is 2.65. The summed E-state index contributed by atoms with van der Waals surface area (Å²) in [6, 6.07) is 0.0302. The summed E-state index contributed by atoms with van der Waals surface area (Å²) in [5, 5.41) is 12.9. The van der Waals surface area contributed by atoms with Crippen molar-refractivity contribution in [3.05, 3.63) is 28.7 Å². The zero-order valence-electron chi connectivity index (χ0n) is 15.9. The molecule has 0 saturated carbocycles. The first-order chi connectivity index (χ1) is 12.6. The van der Waals surface area contributed by atoms with Crippen molar-refractivity contribution >= 4 is 5.91 Å². The molecule has 4 rings (SSSR count). The van der Waals surface area contributed by atoms with Crippen molar-refractivity contribution in [1.29, 1.82) is 0 Å². The molecule has 7 heteroatoms. The van der Waals surface area contributed by atoms with Gasteiger partial charge in [-0.2, -0.15) is 5.10 Å². The summed E-state index contributed by atoms with van der Waals surface area (Å²) in [6.07, 6.45) is 6.94. The molecule has 0 spiro atoms. The van der Waals surface area contributed by atoms with Gasteiger partial charge in [0.25, 0.3) is 5.91 Å². The monoisotopic (exact) mass is 357 g/mol. The van der Waals surface area contributed by atoms with Gasteiger partial charge >= 0.3 is 0 Å². The maximum Gasteiger partial charge on any atom is 0.274 e. The third-order valence-electron chi connectivity index (χ3n) is 5.92. The fourth-order valence-electron chi connectivity index (χ4n) is 4.40. The molecular weight excluding hydrogens is 330 g/mol. The van der Waals surface area contributed by atoms with E-state index >= 15 is 0 Å². The van der Waals surface area contributed by atoms with E-state index in [0.29, 0.717) is 17.5 Å². The third kappa shape index (κ3) is 2.83. The third-order valence-corrected chi connectivity index (χ3v) is 5.92. The molecule has 0 N–H and O–H groups in total. The summed E-state index contributed by atoms with van der Waals surface area (Å²) in [4.78, 5) is 15.3. The minimum absolute atomic E-state index is 0.0302. The summed E-state index contributed by atoms with van der Waals surface area (Å²) in [6.45, 7) is 4.85. The molecule has 2 aliphatic rings. The van der Waals surface area contributed by atoms with E-state index in [0.717, 1.165) is 50.6 Å². The van der Waals surface area contributed by atoms with E-state index in [1.165, 1.54) is 12.1 Å². The second-order valence-corrected chi connectivity index (χ2v) is 7.48. The number of nitrogens with zero attached hydrogens (tertiary/aromatic N) is 5. The number of carbonyl (C=O) groups excluding carboxylic acids is 1. The maximum absolute atomic E-state index is 13.3. The predicted molar refractivity (Wildman–Crippen MR) is 96.0 cm³/mol. The van der Waals surface area contributed by atoms with Gasteiger partial charge in [-0.25, -0.2) is 0 Å². The van der Waals surface area contributed by atoms with Crippen molar-refractivity contribution in [2.24, 2.45) is 7.05 Å². The number of rotatable bonds is 3. The number of fused-ring (bicyclic) bond motifs is 1. The number of piperidine rings is 1. The van der Waals surface area contributed by atoms with Crippen LogP contribution in [0, 0.1) is 0 Å². The summed E-state index contributed by atoms with van der Waals surface area (Å²) in [7, 11) is 1.95. The lowest BCUT2D eigenvalue weighted by Gasteiger charge is -2.37. The molecular formula is C19H27N5O2. The minimum atomic E-state index is 0.0302. The van der Waals surface area contributed by atoms with E-state index < -0.39 is 0 Å². The van der Waals surface area contributed by atoms with Crippen LogP contribution in [0.5, 0.6) is 0 Å². The van der Waals surface area contributed by atoms with Crippen LogP contribution in [-0.4, -0.2) is 43.4 Å². The van der Waals surface area contributed by atoms with Crippen LogP contribution in [0.4, 0.5) is 0 Å². The lowest BCUT2D eigenvalue weighted by atomic mass is 9.89. The van der Waals surface area contributed by atoms with Gasteiger partial charge in [-0.05, 0) is 45.4 Å². The number of likely N-dealkylation sites (tertiary alicyclic amines) is 1. The molecule has 1 aliphatic carbocycles. The van der Waals surface area contributed by atoms with Crippen molar-refractivity contribution < 1.29 is 9.21 Å². The molecule has 2 aromatic rings. The van der Waals surface area contributed by atoms with Crippen molar-refractivity contribution in [3.63, 3.8) is 0 Å². The molecule has 140 valence electrons. The van der Waals surface area contributed by atoms with Crippen LogP contribution < -0.4 is 0 Å². The Kier molecular flexibility index (Phi) is 4.54. The standard InChI is InChI=1S/C19H27N5O2/c1-4-16-20-21-18(26-16)13-9-7-11-24(12(13)2)19(25)17-14-8-5-6-10-15(14)23(3)22-17/h12-13H,4-11H2,1-3H3/t12-,13-/m0/s1. The summed E-state index contributed by atoms with van der Waals surface area (Å²) in [5.74, 6) is 1.47. The lowest BCUT2D eigenvalue weighted by Crippen LogP contribution is -2.46. The Hall–Kier alpha value is -2.18. The number of aryl methyl sites for hydroxylation is 2. The molecule has 0 unspecified atom stereocenters. The fourth-order valence-corrected chi connectivity index (χ4v) is 4.40. The average Bonchev–Trinajstić information content (AvgIpc) is 3.27. The molecule has 1 saturated heterocycles. The smallest absolute Gasteiger partial charge is 0.274 e. The summed E-state index contributed by atoms with van der Waals surface area (Å²) in [5.41, 5.74) is 3.03. The Morgan fingerprint density at radius 1 is 1.23 bits per heavy atom. The van der Waals surface area contributed by atoms with E-state index in [1.54, 1.807) is 0 Å². The number of amides is 1. The van der Waals surface area contributed by atoms with Crippen LogP contribution in [-0.2, 0) is 26.3 Å². The summed E-state index contributed by atoms with van der Waals surface area (Å²) < 4.78 is 7.69. The fraction of sp³-hybridized carbons (Fsp3) is 0.684. The van der Waals surface area contributed by atoms with Crippen molar-refractivity contribution in [1.82, 2.24) is 24.9 Å². The largest absolute Gasteiger partial charge is 0.425 e. The molecule has 1 amide bonds. The van der Waals surface area contributed by atoms with Gasteiger partial charge in [-0.15, -0.1) is 10.2 Å². The zero-order valence-corrected chi connectivity index (χ0v) is 15.9. The normalized spacial score (nSPS) is 23.1. The van der Waals surface area contributed by atoms with Gasteiger partial charge in [0.1, 0.15) is 0 Å². The quantitative estimate of drug-likeness (QED) is 0.844. The van der Waals surface area contributed by atoms with E-state index in [1.807, 2.05) is 23.6 Å². The average molecular weight is 357 g/mol. The lowest BCUT2D eigenvalue weighted by molar-refractivity contribution is 0.0574. The Morgan fingerprint density at radius 3 is 2.81 bits per heavy atom. The molecule has 0 radical (unpaired) electrons. The first-order valence-electron chi connectivity index (χ1n) is 9.78. The van der Waals surface area contributed by atoms with Gasteiger partial charge in [-0.3, -0.25) is 9.48 Å². The topological polar surface area (TPSA) is 77.1 Å². The number of carbonyl (C=O) groups is 1. The van der Waals surface area contributed by atoms with E-state index in [4.69, 9.17) is 4.42 Å². The Morgan fingerprint density at radius 2 is 2.04 bits per heavy atom. The van der Waals surface area contributed by atoms with Gasteiger partial charge < -0.3 is 9.32 Å². The van der Waals surface area contributed by atoms with Gasteiger partial charge in [0.15, 0.2) is 5.69 Å². The van der Waals surface area contributed by atoms with E-state index in [9.17, 15) is 4.79 Å². The van der Waals surface area contributed by atoms with Crippen LogP contribution in [0.1, 0.15) is 79.0 Å². The second-order valence-electron chi connectivity index (χ2n) is 7.48. The van der Waals surface area contributed by atoms with Gasteiger partial charge in [0.2, 0.25) is 11.8 Å². The molecule has 1 fully saturated rings. The highest BCUT2D eigenvalue weighted by Gasteiger charge is 2.37. The van der Waals surface area contributed by atoms with Gasteiger partial charge in [-0.1, -0.05) is 6.92 Å². The van der Waals surface area contributed by atoms with Gasteiger partial charge in [0.05, 0.1) is 5.92 Å². The molecule has 26 heavy (non-hydrogen) atoms. The SMILES string of the molecule is CCc1nnc([C@H]2CCCN(C(=O)c3nn(C)c4c3CCCC4)[C@H]2C)o1. The maximum atomic E-state index is 13.3. The first kappa shape index (κ1) is 17.2. The zero-order chi connectivity index (χ0) is 18.3. The van der Waals surface area contributed by atoms with Crippen LogP contribution in [0.2, 0.25) is 0 Å². The molecule has 2 aromatic heterocycles. The molecule has 1 aliphatic heterocycles. The van der Waals surface area contributed by atoms with Crippen molar-refractivity contribution in [2.45, 2.75) is 70.8 Å². The Labute approximate surface area is 153 Å². The number of aromatic nitrogens is 4. The van der Waals surface area contributed by atoms with Crippen LogP contribution >= 0.6 is 0 Å². The second kappa shape index (κ2) is 6.85. The van der Waals surface area contributed by atoms with Crippen molar-refractivity contribution in [2.75, 3.05) is 6.54 Å².